The lowest BCUT2D eigenvalue weighted by Crippen LogP contribution is -2.53. The third kappa shape index (κ3) is 7.11. The van der Waals surface area contributed by atoms with E-state index in [0.717, 1.165) is 6.92 Å². The van der Waals surface area contributed by atoms with Crippen molar-refractivity contribution >= 4 is 29.8 Å². The van der Waals surface area contributed by atoms with E-state index in [4.69, 9.17) is 21.7 Å². The fourth-order valence-electron chi connectivity index (χ4n) is 2.00. The first-order valence-electron chi connectivity index (χ1n) is 6.59. The molecule has 130 valence electrons. The molecule has 0 aliphatic rings. The summed E-state index contributed by atoms with van der Waals surface area (Å²) >= 11 is 0. The van der Waals surface area contributed by atoms with Crippen LogP contribution in [0.2, 0.25) is 0 Å². The molecule has 1 amide bonds. The van der Waals surface area contributed by atoms with Crippen molar-refractivity contribution in [2.75, 3.05) is 6.54 Å². The average Bonchev–Trinajstić information content (AvgIpc) is 2.38. The van der Waals surface area contributed by atoms with Crippen LogP contribution in [0.3, 0.4) is 0 Å². The van der Waals surface area contributed by atoms with Gasteiger partial charge in [-0.3, -0.25) is 14.6 Å². The molecule has 0 aromatic rings. The molecule has 0 aliphatic carbocycles. The van der Waals surface area contributed by atoms with Crippen molar-refractivity contribution in [2.45, 2.75) is 38.3 Å². The summed E-state index contributed by atoms with van der Waals surface area (Å²) in [5.74, 6) is -5.55. The summed E-state index contributed by atoms with van der Waals surface area (Å²) in [6, 6.07) is -3.28. The van der Waals surface area contributed by atoms with Crippen molar-refractivity contribution in [3.05, 3.63) is 0 Å². The standard InChI is InChI=1S/C12H20N4O7/c1-6(17)16(8(11(22)23)5-9(18)19)7(10(20)21)3-2-4-15-12(13)14/h7-8H,2-5H2,1H3,(H,18,19)(H,20,21)(H,22,23)(H4,13,14,15)/t7-,8?/m0/s1. The first-order valence-corrected chi connectivity index (χ1v) is 6.59. The summed E-state index contributed by atoms with van der Waals surface area (Å²) in [7, 11) is 0. The number of aliphatic imine (C=N–C) groups is 1. The summed E-state index contributed by atoms with van der Waals surface area (Å²) in [6.07, 6.45) is -0.875. The van der Waals surface area contributed by atoms with E-state index >= 15 is 0 Å². The highest BCUT2D eigenvalue weighted by molar-refractivity contribution is 5.89. The zero-order chi connectivity index (χ0) is 18.2. The highest BCUT2D eigenvalue weighted by Gasteiger charge is 2.38. The number of hydrogen-bond acceptors (Lipinski definition) is 5. The Morgan fingerprint density at radius 1 is 1.04 bits per heavy atom. The molecule has 23 heavy (non-hydrogen) atoms. The molecule has 0 heterocycles. The van der Waals surface area contributed by atoms with Gasteiger partial charge in [-0.2, -0.15) is 0 Å². The number of nitrogens with two attached hydrogens (primary N) is 2. The van der Waals surface area contributed by atoms with Gasteiger partial charge < -0.3 is 31.7 Å². The van der Waals surface area contributed by atoms with E-state index < -0.39 is 42.3 Å². The predicted octanol–water partition coefficient (Wildman–Crippen LogP) is -1.73. The van der Waals surface area contributed by atoms with Gasteiger partial charge in [0.15, 0.2) is 5.96 Å². The number of guanidine groups is 1. The zero-order valence-electron chi connectivity index (χ0n) is 12.5. The lowest BCUT2D eigenvalue weighted by Gasteiger charge is -2.32. The van der Waals surface area contributed by atoms with Gasteiger partial charge in [-0.25, -0.2) is 9.59 Å². The third-order valence-corrected chi connectivity index (χ3v) is 2.90. The molecule has 0 saturated heterocycles. The maximum atomic E-state index is 11.7. The summed E-state index contributed by atoms with van der Waals surface area (Å²) in [5.41, 5.74) is 10.2. The van der Waals surface area contributed by atoms with Gasteiger partial charge >= 0.3 is 17.9 Å². The van der Waals surface area contributed by atoms with E-state index in [1.54, 1.807) is 0 Å². The van der Waals surface area contributed by atoms with E-state index in [-0.39, 0.29) is 25.3 Å². The maximum Gasteiger partial charge on any atom is 0.327 e. The molecule has 11 heteroatoms. The highest BCUT2D eigenvalue weighted by atomic mass is 16.4. The second-order valence-electron chi connectivity index (χ2n) is 4.68. The molecule has 0 radical (unpaired) electrons. The summed E-state index contributed by atoms with van der Waals surface area (Å²) in [4.78, 5) is 49.3. The Hall–Kier alpha value is -2.85. The first-order chi connectivity index (χ1) is 10.6. The lowest BCUT2D eigenvalue weighted by molar-refractivity contribution is -0.161. The van der Waals surface area contributed by atoms with Crippen LogP contribution < -0.4 is 11.5 Å². The van der Waals surface area contributed by atoms with Crippen molar-refractivity contribution in [3.63, 3.8) is 0 Å². The molecule has 0 spiro atoms. The number of carboxylic acids is 3. The number of aliphatic carboxylic acids is 3. The van der Waals surface area contributed by atoms with Gasteiger partial charge in [-0.1, -0.05) is 0 Å². The smallest absolute Gasteiger partial charge is 0.327 e. The van der Waals surface area contributed by atoms with Crippen molar-refractivity contribution in [1.82, 2.24) is 4.90 Å². The largest absolute Gasteiger partial charge is 0.481 e. The zero-order valence-corrected chi connectivity index (χ0v) is 12.5. The Kier molecular flexibility index (Phi) is 8.08. The fraction of sp³-hybridized carbons (Fsp3) is 0.583. The summed E-state index contributed by atoms with van der Waals surface area (Å²) < 4.78 is 0. The average molecular weight is 332 g/mol. The van der Waals surface area contributed by atoms with E-state index in [0.29, 0.717) is 4.90 Å². The maximum absolute atomic E-state index is 11.7. The van der Waals surface area contributed by atoms with E-state index in [2.05, 4.69) is 4.99 Å². The van der Waals surface area contributed by atoms with Crippen LogP contribution in [0, 0.1) is 0 Å². The second kappa shape index (κ2) is 9.23. The van der Waals surface area contributed by atoms with Crippen molar-refractivity contribution in [1.29, 1.82) is 0 Å². The van der Waals surface area contributed by atoms with Crippen LogP contribution in [-0.4, -0.2) is 68.6 Å². The van der Waals surface area contributed by atoms with Crippen LogP contribution in [0.15, 0.2) is 4.99 Å². The molecule has 0 fully saturated rings. The number of rotatable bonds is 10. The summed E-state index contributed by atoms with van der Waals surface area (Å²) in [6.45, 7) is 1.07. The van der Waals surface area contributed by atoms with Crippen LogP contribution in [0.5, 0.6) is 0 Å². The van der Waals surface area contributed by atoms with Crippen molar-refractivity contribution < 1.29 is 34.5 Å². The Labute approximate surface area is 131 Å². The van der Waals surface area contributed by atoms with Crippen LogP contribution >= 0.6 is 0 Å². The fourth-order valence-corrected chi connectivity index (χ4v) is 2.00. The van der Waals surface area contributed by atoms with Crippen molar-refractivity contribution in [3.8, 4) is 0 Å². The molecule has 0 saturated carbocycles. The normalized spacial score (nSPS) is 12.7. The number of amides is 1. The number of hydrogen-bond donors (Lipinski definition) is 5. The first kappa shape index (κ1) is 20.1. The van der Waals surface area contributed by atoms with Gasteiger partial charge in [-0.05, 0) is 12.8 Å². The molecule has 7 N–H and O–H groups in total. The van der Waals surface area contributed by atoms with E-state index in [9.17, 15) is 24.3 Å². The predicted molar refractivity (Wildman–Crippen MR) is 77.5 cm³/mol. The minimum Gasteiger partial charge on any atom is -0.481 e. The Bertz CT molecular complexity index is 502. The SMILES string of the molecule is CC(=O)N(C(CC(=O)O)C(=O)O)[C@@H](CCCN=C(N)N)C(=O)O. The molecule has 0 bridgehead atoms. The molecule has 2 atom stereocenters. The molecular formula is C12H20N4O7. The van der Waals surface area contributed by atoms with Crippen LogP contribution in [0.4, 0.5) is 0 Å². The molecule has 0 aromatic carbocycles. The number of carbonyl (C=O) groups is 4. The third-order valence-electron chi connectivity index (χ3n) is 2.90. The van der Waals surface area contributed by atoms with E-state index in [1.165, 1.54) is 0 Å². The van der Waals surface area contributed by atoms with Crippen LogP contribution in [0.25, 0.3) is 0 Å². The van der Waals surface area contributed by atoms with Gasteiger partial charge in [0.1, 0.15) is 12.1 Å². The number of carbonyl (C=O) groups excluding carboxylic acids is 1. The number of nitrogens with zero attached hydrogens (tertiary/aromatic N) is 2. The topological polar surface area (TPSA) is 197 Å². The van der Waals surface area contributed by atoms with Gasteiger partial charge in [0.2, 0.25) is 5.91 Å². The molecule has 0 aromatic heterocycles. The van der Waals surface area contributed by atoms with Gasteiger partial charge in [-0.15, -0.1) is 0 Å². The van der Waals surface area contributed by atoms with Gasteiger partial charge in [0.05, 0.1) is 6.42 Å². The summed E-state index contributed by atoms with van der Waals surface area (Å²) in [5, 5.41) is 27.1. The number of carboxylic acid groups (broad SMARTS) is 3. The second-order valence-corrected chi connectivity index (χ2v) is 4.68. The molecule has 0 aliphatic heterocycles. The molecule has 11 nitrogen and oxygen atoms in total. The highest BCUT2D eigenvalue weighted by Crippen LogP contribution is 2.16. The Morgan fingerprint density at radius 2 is 1.57 bits per heavy atom. The minimum absolute atomic E-state index is 0.0918. The van der Waals surface area contributed by atoms with Crippen molar-refractivity contribution in [2.24, 2.45) is 16.5 Å². The van der Waals surface area contributed by atoms with Crippen LogP contribution in [-0.2, 0) is 19.2 Å². The monoisotopic (exact) mass is 332 g/mol. The van der Waals surface area contributed by atoms with Gasteiger partial charge in [0.25, 0.3) is 0 Å². The quantitative estimate of drug-likeness (QED) is 0.175. The lowest BCUT2D eigenvalue weighted by atomic mass is 10.0. The Balaban J connectivity index is 5.33. The Morgan fingerprint density at radius 3 is 1.91 bits per heavy atom. The molecule has 1 unspecified atom stereocenters. The molecular weight excluding hydrogens is 312 g/mol. The van der Waals surface area contributed by atoms with E-state index in [1.807, 2.05) is 0 Å². The van der Waals surface area contributed by atoms with Crippen LogP contribution in [0.1, 0.15) is 26.2 Å². The molecule has 0 rings (SSSR count). The minimum atomic E-state index is -1.78. The van der Waals surface area contributed by atoms with Gasteiger partial charge in [0, 0.05) is 13.5 Å².